The number of methoxy groups -OCH3 is 1. The Bertz CT molecular complexity index is 702. The number of thiophene rings is 1. The molecule has 1 N–H and O–H groups in total. The summed E-state index contributed by atoms with van der Waals surface area (Å²) >= 11 is 12.8. The summed E-state index contributed by atoms with van der Waals surface area (Å²) < 4.78 is 9.90. The summed E-state index contributed by atoms with van der Waals surface area (Å²) in [4.78, 5) is 23.5. The molecule has 0 aliphatic rings. The molecule has 0 spiro atoms. The van der Waals surface area contributed by atoms with Crippen molar-refractivity contribution in [2.75, 3.05) is 19.0 Å². The van der Waals surface area contributed by atoms with Crippen molar-refractivity contribution in [2.24, 2.45) is 0 Å². The maximum atomic E-state index is 11.8. The van der Waals surface area contributed by atoms with Gasteiger partial charge in [-0.2, -0.15) is 0 Å². The fourth-order valence-electron chi connectivity index (χ4n) is 1.52. The number of rotatable bonds is 5. The van der Waals surface area contributed by atoms with Crippen molar-refractivity contribution >= 4 is 51.4 Å². The third-order valence-electron chi connectivity index (χ3n) is 2.51. The van der Waals surface area contributed by atoms with Gasteiger partial charge < -0.3 is 14.8 Å². The molecular formula is C14H11Cl2NO4S. The number of ether oxygens (including phenoxy) is 2. The van der Waals surface area contributed by atoms with Crippen LogP contribution >= 0.6 is 34.5 Å². The predicted molar refractivity (Wildman–Crippen MR) is 86.2 cm³/mol. The van der Waals surface area contributed by atoms with Gasteiger partial charge in [0.05, 0.1) is 17.1 Å². The standard InChI is InChI=1S/C14H11Cl2NO4S/c1-20-14(19)11-4-5-13(22-11)17-12(18)7-21-10-3-2-8(15)6-9(10)16/h2-6H,7H2,1H3,(H,17,18). The molecule has 0 aliphatic heterocycles. The van der Waals surface area contributed by atoms with Crippen molar-refractivity contribution in [1.29, 1.82) is 0 Å². The molecule has 2 aromatic rings. The van der Waals surface area contributed by atoms with E-state index in [4.69, 9.17) is 27.9 Å². The first-order chi connectivity index (χ1) is 10.5. The lowest BCUT2D eigenvalue weighted by Crippen LogP contribution is -2.19. The van der Waals surface area contributed by atoms with Gasteiger partial charge in [0.2, 0.25) is 0 Å². The molecule has 0 saturated carbocycles. The Morgan fingerprint density at radius 2 is 2.00 bits per heavy atom. The van der Waals surface area contributed by atoms with Crippen LogP contribution in [0, 0.1) is 0 Å². The van der Waals surface area contributed by atoms with Crippen LogP contribution in [-0.4, -0.2) is 25.6 Å². The SMILES string of the molecule is COC(=O)c1ccc(NC(=O)COc2ccc(Cl)cc2Cl)s1. The van der Waals surface area contributed by atoms with Crippen molar-refractivity contribution in [2.45, 2.75) is 0 Å². The minimum Gasteiger partial charge on any atom is -0.482 e. The minimum atomic E-state index is -0.449. The minimum absolute atomic E-state index is 0.215. The van der Waals surface area contributed by atoms with Gasteiger partial charge in [-0.05, 0) is 30.3 Å². The van der Waals surface area contributed by atoms with E-state index in [1.807, 2.05) is 0 Å². The monoisotopic (exact) mass is 359 g/mol. The second-order valence-electron chi connectivity index (χ2n) is 4.07. The van der Waals surface area contributed by atoms with Crippen LogP contribution in [0.5, 0.6) is 5.75 Å². The molecule has 0 saturated heterocycles. The summed E-state index contributed by atoms with van der Waals surface area (Å²) in [6, 6.07) is 7.91. The number of esters is 1. The Kier molecular flexibility index (Phi) is 5.65. The van der Waals surface area contributed by atoms with Crippen LogP contribution in [0.4, 0.5) is 5.00 Å². The summed E-state index contributed by atoms with van der Waals surface area (Å²) in [5.74, 6) is -0.457. The molecule has 0 radical (unpaired) electrons. The molecule has 8 heteroatoms. The molecule has 1 aromatic heterocycles. The summed E-state index contributed by atoms with van der Waals surface area (Å²) in [5.41, 5.74) is 0. The molecule has 0 atom stereocenters. The number of hydrogen-bond donors (Lipinski definition) is 1. The number of hydrogen-bond acceptors (Lipinski definition) is 5. The number of anilines is 1. The molecule has 0 unspecified atom stereocenters. The summed E-state index contributed by atoms with van der Waals surface area (Å²) in [5, 5.41) is 3.95. The van der Waals surface area contributed by atoms with Crippen molar-refractivity contribution < 1.29 is 19.1 Å². The molecule has 1 heterocycles. The Hall–Kier alpha value is -1.76. The normalized spacial score (nSPS) is 10.1. The molecule has 22 heavy (non-hydrogen) atoms. The first-order valence-corrected chi connectivity index (χ1v) is 7.62. The highest BCUT2D eigenvalue weighted by Crippen LogP contribution is 2.27. The van der Waals surface area contributed by atoms with E-state index in [0.29, 0.717) is 25.7 Å². The predicted octanol–water partition coefficient (Wildman–Crippen LogP) is 3.86. The number of carbonyl (C=O) groups excluding carboxylic acids is 2. The van der Waals surface area contributed by atoms with Crippen molar-refractivity contribution in [3.63, 3.8) is 0 Å². The zero-order valence-corrected chi connectivity index (χ0v) is 13.7. The molecule has 0 fully saturated rings. The van der Waals surface area contributed by atoms with Crippen LogP contribution in [0.2, 0.25) is 10.0 Å². The van der Waals surface area contributed by atoms with Gasteiger partial charge in [0.1, 0.15) is 10.6 Å². The van der Waals surface area contributed by atoms with E-state index in [1.54, 1.807) is 24.3 Å². The largest absolute Gasteiger partial charge is 0.482 e. The number of nitrogens with one attached hydrogen (secondary N) is 1. The summed E-state index contributed by atoms with van der Waals surface area (Å²) in [6.07, 6.45) is 0. The van der Waals surface area contributed by atoms with Crippen LogP contribution in [0.25, 0.3) is 0 Å². The van der Waals surface area contributed by atoms with Crippen LogP contribution in [-0.2, 0) is 9.53 Å². The molecule has 116 valence electrons. The Balaban J connectivity index is 1.90. The van der Waals surface area contributed by atoms with Gasteiger partial charge >= 0.3 is 5.97 Å². The smallest absolute Gasteiger partial charge is 0.348 e. The van der Waals surface area contributed by atoms with E-state index in [-0.39, 0.29) is 12.5 Å². The lowest BCUT2D eigenvalue weighted by Gasteiger charge is -2.08. The average Bonchev–Trinajstić information content (AvgIpc) is 2.94. The topological polar surface area (TPSA) is 64.6 Å². The summed E-state index contributed by atoms with van der Waals surface area (Å²) in [6.45, 7) is -0.215. The van der Waals surface area contributed by atoms with Crippen molar-refractivity contribution in [3.8, 4) is 5.75 Å². The number of carbonyl (C=O) groups is 2. The third-order valence-corrected chi connectivity index (χ3v) is 4.02. The van der Waals surface area contributed by atoms with Gasteiger partial charge in [0, 0.05) is 5.02 Å². The highest BCUT2D eigenvalue weighted by atomic mass is 35.5. The highest BCUT2D eigenvalue weighted by Gasteiger charge is 2.12. The highest BCUT2D eigenvalue weighted by molar-refractivity contribution is 7.18. The van der Waals surface area contributed by atoms with Crippen molar-refractivity contribution in [3.05, 3.63) is 45.3 Å². The average molecular weight is 360 g/mol. The third kappa shape index (κ3) is 4.37. The van der Waals surface area contributed by atoms with Gasteiger partial charge in [-0.15, -0.1) is 11.3 Å². The molecular weight excluding hydrogens is 349 g/mol. The first kappa shape index (κ1) is 16.6. The van der Waals surface area contributed by atoms with E-state index in [0.717, 1.165) is 11.3 Å². The molecule has 1 aromatic carbocycles. The van der Waals surface area contributed by atoms with Crippen LogP contribution < -0.4 is 10.1 Å². The van der Waals surface area contributed by atoms with Gasteiger partial charge in [-0.1, -0.05) is 23.2 Å². The van der Waals surface area contributed by atoms with Crippen LogP contribution in [0.1, 0.15) is 9.67 Å². The molecule has 5 nitrogen and oxygen atoms in total. The van der Waals surface area contributed by atoms with Gasteiger partial charge in [0.15, 0.2) is 6.61 Å². The second-order valence-corrected chi connectivity index (χ2v) is 5.99. The second kappa shape index (κ2) is 7.49. The van der Waals surface area contributed by atoms with Crippen LogP contribution in [0.15, 0.2) is 30.3 Å². The van der Waals surface area contributed by atoms with E-state index >= 15 is 0 Å². The fraction of sp³-hybridized carbons (Fsp3) is 0.143. The van der Waals surface area contributed by atoms with Gasteiger partial charge in [-0.25, -0.2) is 4.79 Å². The van der Waals surface area contributed by atoms with E-state index in [1.165, 1.54) is 13.2 Å². The quantitative estimate of drug-likeness (QED) is 0.823. The zero-order valence-electron chi connectivity index (χ0n) is 11.4. The van der Waals surface area contributed by atoms with Crippen LogP contribution in [0.3, 0.4) is 0 Å². The maximum Gasteiger partial charge on any atom is 0.348 e. The number of halogens is 2. The Morgan fingerprint density at radius 3 is 2.68 bits per heavy atom. The molecule has 1 amide bonds. The fourth-order valence-corrected chi connectivity index (χ4v) is 2.83. The lowest BCUT2D eigenvalue weighted by atomic mass is 10.3. The molecule has 2 rings (SSSR count). The Labute approximate surface area is 140 Å². The number of amides is 1. The lowest BCUT2D eigenvalue weighted by molar-refractivity contribution is -0.118. The molecule has 0 aliphatic carbocycles. The van der Waals surface area contributed by atoms with Crippen molar-refractivity contribution in [1.82, 2.24) is 0 Å². The van der Waals surface area contributed by atoms with E-state index in [9.17, 15) is 9.59 Å². The Morgan fingerprint density at radius 1 is 1.23 bits per heavy atom. The number of benzene rings is 1. The maximum absolute atomic E-state index is 11.8. The summed E-state index contributed by atoms with van der Waals surface area (Å²) in [7, 11) is 1.30. The van der Waals surface area contributed by atoms with Gasteiger partial charge in [-0.3, -0.25) is 4.79 Å². The van der Waals surface area contributed by atoms with E-state index in [2.05, 4.69) is 10.1 Å². The van der Waals surface area contributed by atoms with Gasteiger partial charge in [0.25, 0.3) is 5.91 Å². The van der Waals surface area contributed by atoms with E-state index < -0.39 is 5.97 Å². The molecule has 0 bridgehead atoms. The zero-order chi connectivity index (χ0) is 16.1. The first-order valence-electron chi connectivity index (χ1n) is 6.05.